The minimum Gasteiger partial charge on any atom is -0.299 e. The molecule has 1 amide bonds. The molecule has 23 heavy (non-hydrogen) atoms. The van der Waals surface area contributed by atoms with E-state index in [0.717, 1.165) is 34.5 Å². The number of thiazole rings is 1. The van der Waals surface area contributed by atoms with Crippen molar-refractivity contribution >= 4 is 45.5 Å². The maximum absolute atomic E-state index is 12.3. The van der Waals surface area contributed by atoms with E-state index in [9.17, 15) is 4.79 Å². The van der Waals surface area contributed by atoms with Crippen molar-refractivity contribution in [2.45, 2.75) is 36.6 Å². The lowest BCUT2D eigenvalue weighted by Crippen LogP contribution is -2.39. The van der Waals surface area contributed by atoms with Gasteiger partial charge in [0.05, 0.1) is 12.6 Å². The number of carbonyl (C=O) groups excluding carboxylic acids is 1. The minimum atomic E-state index is -0.0299. The van der Waals surface area contributed by atoms with Gasteiger partial charge in [-0.2, -0.15) is 0 Å². The minimum absolute atomic E-state index is 0.0299. The monoisotopic (exact) mass is 369 g/mol. The number of hydrogen-bond donors (Lipinski definition) is 1. The van der Waals surface area contributed by atoms with Crippen molar-refractivity contribution in [1.82, 2.24) is 20.1 Å². The second-order valence-electron chi connectivity index (χ2n) is 5.21. The zero-order valence-electron chi connectivity index (χ0n) is 12.9. The van der Waals surface area contributed by atoms with Gasteiger partial charge in [0.15, 0.2) is 4.34 Å². The van der Waals surface area contributed by atoms with Gasteiger partial charge in [-0.15, -0.1) is 21.5 Å². The summed E-state index contributed by atoms with van der Waals surface area (Å²) in [5, 5.41) is 14.6. The molecular formula is C14H19N5OS3. The standard InChI is InChI=1S/C14H19N5OS3/c1-2-21-14-18-17-13(23-14)16-11(20)9-19-7-4-3-5-10(19)12-15-6-8-22-12/h6,8,10H,2-5,7,9H2,1H3,(H,16,17,20). The summed E-state index contributed by atoms with van der Waals surface area (Å²) in [5.74, 6) is 0.920. The Morgan fingerprint density at radius 2 is 2.39 bits per heavy atom. The lowest BCUT2D eigenvalue weighted by atomic mass is 10.0. The third kappa shape index (κ3) is 4.50. The average molecular weight is 370 g/mol. The second kappa shape index (κ2) is 8.18. The summed E-state index contributed by atoms with van der Waals surface area (Å²) in [6.45, 7) is 3.38. The molecule has 3 heterocycles. The van der Waals surface area contributed by atoms with Crippen molar-refractivity contribution in [3.8, 4) is 0 Å². The molecule has 2 aromatic heterocycles. The van der Waals surface area contributed by atoms with E-state index in [0.29, 0.717) is 11.7 Å². The Labute approximate surface area is 147 Å². The topological polar surface area (TPSA) is 71.0 Å². The van der Waals surface area contributed by atoms with Crippen molar-refractivity contribution in [2.24, 2.45) is 0 Å². The first-order valence-corrected chi connectivity index (χ1v) is 10.3. The fraction of sp³-hybridized carbons (Fsp3) is 0.571. The van der Waals surface area contributed by atoms with Crippen LogP contribution in [0.4, 0.5) is 5.13 Å². The van der Waals surface area contributed by atoms with Gasteiger partial charge in [0.1, 0.15) is 5.01 Å². The summed E-state index contributed by atoms with van der Waals surface area (Å²) in [7, 11) is 0. The number of nitrogens with zero attached hydrogens (tertiary/aromatic N) is 4. The Morgan fingerprint density at radius 3 is 3.17 bits per heavy atom. The van der Waals surface area contributed by atoms with E-state index in [2.05, 4.69) is 32.3 Å². The van der Waals surface area contributed by atoms with Gasteiger partial charge >= 0.3 is 0 Å². The summed E-state index contributed by atoms with van der Waals surface area (Å²) in [6, 6.07) is 0.259. The molecule has 1 atom stereocenters. The molecule has 3 rings (SSSR count). The van der Waals surface area contributed by atoms with Crippen LogP contribution in [0.2, 0.25) is 0 Å². The molecule has 1 aliphatic rings. The molecule has 1 fully saturated rings. The summed E-state index contributed by atoms with van der Waals surface area (Å²) in [5.41, 5.74) is 0. The molecule has 2 aromatic rings. The lowest BCUT2D eigenvalue weighted by molar-refractivity contribution is -0.118. The number of nitrogens with one attached hydrogen (secondary N) is 1. The smallest absolute Gasteiger partial charge is 0.240 e. The fourth-order valence-corrected chi connectivity index (χ4v) is 5.12. The molecule has 0 spiro atoms. The predicted octanol–water partition coefficient (Wildman–Crippen LogP) is 3.27. The number of amides is 1. The third-order valence-corrected chi connectivity index (χ3v) is 6.35. The maximum Gasteiger partial charge on any atom is 0.240 e. The predicted molar refractivity (Wildman–Crippen MR) is 95.2 cm³/mol. The van der Waals surface area contributed by atoms with Gasteiger partial charge in [-0.05, 0) is 25.1 Å². The number of rotatable bonds is 6. The zero-order valence-corrected chi connectivity index (χ0v) is 15.3. The first-order valence-electron chi connectivity index (χ1n) is 7.66. The van der Waals surface area contributed by atoms with E-state index in [1.165, 1.54) is 17.8 Å². The van der Waals surface area contributed by atoms with Crippen LogP contribution in [0.25, 0.3) is 0 Å². The van der Waals surface area contributed by atoms with Gasteiger partial charge in [0.25, 0.3) is 0 Å². The van der Waals surface area contributed by atoms with Crippen molar-refractivity contribution in [2.75, 3.05) is 24.2 Å². The van der Waals surface area contributed by atoms with Crippen LogP contribution in [0.1, 0.15) is 37.2 Å². The first kappa shape index (κ1) is 16.8. The Balaban J connectivity index is 1.59. The molecule has 6 nitrogen and oxygen atoms in total. The Morgan fingerprint density at radius 1 is 1.48 bits per heavy atom. The SMILES string of the molecule is CCSc1nnc(NC(=O)CN2CCCCC2c2nccs2)s1. The van der Waals surface area contributed by atoms with Crippen LogP contribution in [0.5, 0.6) is 0 Å². The van der Waals surface area contributed by atoms with Crippen LogP contribution in [0.3, 0.4) is 0 Å². The summed E-state index contributed by atoms with van der Waals surface area (Å²) in [4.78, 5) is 19.0. The zero-order chi connectivity index (χ0) is 16.1. The Hall–Kier alpha value is -1.03. The van der Waals surface area contributed by atoms with Gasteiger partial charge in [-0.3, -0.25) is 15.0 Å². The molecule has 0 radical (unpaired) electrons. The number of carbonyl (C=O) groups is 1. The highest BCUT2D eigenvalue weighted by Crippen LogP contribution is 2.32. The average Bonchev–Trinajstić information content (AvgIpc) is 3.20. The first-order chi connectivity index (χ1) is 11.3. The molecule has 0 bridgehead atoms. The number of likely N-dealkylation sites (tertiary alicyclic amines) is 1. The quantitative estimate of drug-likeness (QED) is 0.622. The van der Waals surface area contributed by atoms with Gasteiger partial charge in [0.2, 0.25) is 11.0 Å². The Bertz CT molecular complexity index is 630. The van der Waals surface area contributed by atoms with E-state index in [-0.39, 0.29) is 11.9 Å². The van der Waals surface area contributed by atoms with Gasteiger partial charge in [-0.25, -0.2) is 4.98 Å². The van der Waals surface area contributed by atoms with Crippen LogP contribution in [0, 0.1) is 0 Å². The number of hydrogen-bond acceptors (Lipinski definition) is 8. The summed E-state index contributed by atoms with van der Waals surface area (Å²) < 4.78 is 0.890. The van der Waals surface area contributed by atoms with Crippen LogP contribution < -0.4 is 5.32 Å². The van der Waals surface area contributed by atoms with Crippen LogP contribution in [-0.4, -0.2) is 44.8 Å². The normalized spacial score (nSPS) is 18.9. The van der Waals surface area contributed by atoms with E-state index < -0.39 is 0 Å². The van der Waals surface area contributed by atoms with Crippen molar-refractivity contribution in [1.29, 1.82) is 0 Å². The summed E-state index contributed by atoms with van der Waals surface area (Å²) >= 11 is 4.73. The number of piperidine rings is 1. The highest BCUT2D eigenvalue weighted by Gasteiger charge is 2.27. The number of aromatic nitrogens is 3. The van der Waals surface area contributed by atoms with Gasteiger partial charge < -0.3 is 0 Å². The van der Waals surface area contributed by atoms with Crippen LogP contribution in [0.15, 0.2) is 15.9 Å². The second-order valence-corrected chi connectivity index (χ2v) is 8.62. The number of anilines is 1. The molecule has 1 saturated heterocycles. The largest absolute Gasteiger partial charge is 0.299 e. The molecule has 1 unspecified atom stereocenters. The number of thioether (sulfide) groups is 1. The van der Waals surface area contributed by atoms with E-state index >= 15 is 0 Å². The lowest BCUT2D eigenvalue weighted by Gasteiger charge is -2.33. The fourth-order valence-electron chi connectivity index (χ4n) is 2.64. The van der Waals surface area contributed by atoms with Gasteiger partial charge in [-0.1, -0.05) is 36.4 Å². The highest BCUT2D eigenvalue weighted by atomic mass is 32.2. The van der Waals surface area contributed by atoms with Crippen molar-refractivity contribution < 1.29 is 4.79 Å². The highest BCUT2D eigenvalue weighted by molar-refractivity contribution is 8.01. The molecule has 9 heteroatoms. The third-order valence-electron chi connectivity index (χ3n) is 3.62. The van der Waals surface area contributed by atoms with Crippen LogP contribution in [-0.2, 0) is 4.79 Å². The molecular weight excluding hydrogens is 350 g/mol. The van der Waals surface area contributed by atoms with E-state index in [1.54, 1.807) is 23.1 Å². The van der Waals surface area contributed by atoms with Crippen molar-refractivity contribution in [3.05, 3.63) is 16.6 Å². The molecule has 1 N–H and O–H groups in total. The molecule has 0 saturated carbocycles. The van der Waals surface area contributed by atoms with Crippen molar-refractivity contribution in [3.63, 3.8) is 0 Å². The van der Waals surface area contributed by atoms with Crippen LogP contribution >= 0.6 is 34.4 Å². The Kier molecular flexibility index (Phi) is 5.98. The maximum atomic E-state index is 12.3. The molecule has 0 aliphatic carbocycles. The van der Waals surface area contributed by atoms with E-state index in [1.807, 2.05) is 11.6 Å². The molecule has 1 aliphatic heterocycles. The summed E-state index contributed by atoms with van der Waals surface area (Å²) in [6.07, 6.45) is 5.22. The van der Waals surface area contributed by atoms with Gasteiger partial charge in [0, 0.05) is 11.6 Å². The van der Waals surface area contributed by atoms with E-state index in [4.69, 9.17) is 0 Å². The molecule has 124 valence electrons. The molecule has 0 aromatic carbocycles.